The van der Waals surface area contributed by atoms with E-state index in [1.54, 1.807) is 0 Å². The Morgan fingerprint density at radius 3 is 1.56 bits per heavy atom. The summed E-state index contributed by atoms with van der Waals surface area (Å²) in [7, 11) is 0. The summed E-state index contributed by atoms with van der Waals surface area (Å²) in [5, 5.41) is 7.56. The van der Waals surface area contributed by atoms with Gasteiger partial charge in [0.05, 0.1) is 5.52 Å². The summed E-state index contributed by atoms with van der Waals surface area (Å²) in [5.41, 5.74) is 16.6. The monoisotopic (exact) mass is 791 g/mol. The van der Waals surface area contributed by atoms with Gasteiger partial charge in [-0.25, -0.2) is 0 Å². The van der Waals surface area contributed by atoms with E-state index < -0.39 is 0 Å². The zero-order valence-corrected chi connectivity index (χ0v) is 34.6. The number of para-hydroxylation sites is 1. The lowest BCUT2D eigenvalue weighted by atomic mass is 9.81. The summed E-state index contributed by atoms with van der Waals surface area (Å²) < 4.78 is 1.85. The second kappa shape index (κ2) is 13.9. The summed E-state index contributed by atoms with van der Waals surface area (Å²) in [6, 6.07) is 76.2. The number of benzene rings is 10. The molecule has 1 aliphatic carbocycles. The van der Waals surface area contributed by atoms with Crippen molar-refractivity contribution in [3.63, 3.8) is 0 Å². The lowest BCUT2D eigenvalue weighted by Crippen LogP contribution is -2.19. The minimum atomic E-state index is -0.0575. The zero-order chi connectivity index (χ0) is 41.5. The minimum Gasteiger partial charge on any atom is -0.276 e. The molecule has 11 aromatic rings. The smallest absolute Gasteiger partial charge is 0.263 e. The highest BCUT2D eigenvalue weighted by molar-refractivity contribution is 6.22. The number of rotatable bonds is 5. The summed E-state index contributed by atoms with van der Waals surface area (Å²) in [6.45, 7) is 4.69. The van der Waals surface area contributed by atoms with Crippen molar-refractivity contribution in [3.05, 3.63) is 234 Å². The maximum Gasteiger partial charge on any atom is 0.263 e. The van der Waals surface area contributed by atoms with Gasteiger partial charge >= 0.3 is 0 Å². The van der Waals surface area contributed by atoms with Crippen LogP contribution in [0.1, 0.15) is 25.0 Å². The molecule has 1 heterocycles. The van der Waals surface area contributed by atoms with E-state index in [1.165, 1.54) is 77.2 Å². The number of fused-ring (bicyclic) bond motifs is 8. The fourth-order valence-corrected chi connectivity index (χ4v) is 10.4. The van der Waals surface area contributed by atoms with Crippen LogP contribution in [0.2, 0.25) is 0 Å². The molecule has 2 nitrogen and oxygen atoms in total. The first kappa shape index (κ1) is 36.1. The second-order valence-corrected chi connectivity index (χ2v) is 17.2. The van der Waals surface area contributed by atoms with Crippen molar-refractivity contribution >= 4 is 43.2 Å². The first-order chi connectivity index (χ1) is 30.4. The highest BCUT2D eigenvalue weighted by Gasteiger charge is 2.35. The number of nitrogens with zero attached hydrogens (tertiary/aromatic N) is 1. The molecule has 0 amide bonds. The van der Waals surface area contributed by atoms with Crippen molar-refractivity contribution < 1.29 is 0 Å². The summed E-state index contributed by atoms with van der Waals surface area (Å²) in [5.74, 6) is 0. The SMILES string of the molecule is CC1(C)c2ccccc2-c2ccc(-c3ccc(-c4c5ccccc5c(-c5ccccc5)c5ccc(-c6ccc7c(c6)c6ccccc6c(=O)n7-c6ccccc6)cc45)cc3)cc21. The van der Waals surface area contributed by atoms with Crippen molar-refractivity contribution in [2.24, 2.45) is 0 Å². The molecule has 10 aromatic carbocycles. The Kier molecular flexibility index (Phi) is 8.07. The summed E-state index contributed by atoms with van der Waals surface area (Å²) in [4.78, 5) is 14.0. The molecule has 0 unspecified atom stereocenters. The van der Waals surface area contributed by atoms with E-state index >= 15 is 0 Å². The fourth-order valence-electron chi connectivity index (χ4n) is 10.4. The van der Waals surface area contributed by atoms with E-state index in [0.717, 1.165) is 33.1 Å². The molecule has 0 aliphatic heterocycles. The average molecular weight is 792 g/mol. The van der Waals surface area contributed by atoms with Crippen LogP contribution < -0.4 is 5.56 Å². The van der Waals surface area contributed by atoms with Crippen LogP contribution >= 0.6 is 0 Å². The van der Waals surface area contributed by atoms with Gasteiger partial charge in [-0.2, -0.15) is 0 Å². The average Bonchev–Trinajstić information content (AvgIpc) is 3.56. The van der Waals surface area contributed by atoms with E-state index in [-0.39, 0.29) is 11.0 Å². The molecule has 62 heavy (non-hydrogen) atoms. The molecule has 292 valence electrons. The Morgan fingerprint density at radius 2 is 0.823 bits per heavy atom. The second-order valence-electron chi connectivity index (χ2n) is 17.2. The first-order valence-corrected chi connectivity index (χ1v) is 21.5. The molecule has 0 bridgehead atoms. The number of hydrogen-bond acceptors (Lipinski definition) is 1. The maximum absolute atomic E-state index is 14.0. The summed E-state index contributed by atoms with van der Waals surface area (Å²) in [6.07, 6.45) is 0. The Morgan fingerprint density at radius 1 is 0.339 bits per heavy atom. The molecular weight excluding hydrogens is 751 g/mol. The zero-order valence-electron chi connectivity index (χ0n) is 34.6. The Labute approximate surface area is 360 Å². The maximum atomic E-state index is 14.0. The quantitative estimate of drug-likeness (QED) is 0.126. The van der Waals surface area contributed by atoms with E-state index in [9.17, 15) is 4.79 Å². The van der Waals surface area contributed by atoms with Gasteiger partial charge in [-0.1, -0.05) is 184 Å². The fraction of sp³-hybridized carbons (Fsp3) is 0.0500. The van der Waals surface area contributed by atoms with Gasteiger partial charge in [-0.3, -0.25) is 9.36 Å². The van der Waals surface area contributed by atoms with Gasteiger partial charge in [0, 0.05) is 21.9 Å². The number of aromatic nitrogens is 1. The molecule has 0 atom stereocenters. The number of pyridine rings is 1. The molecule has 0 saturated carbocycles. The van der Waals surface area contributed by atoms with Crippen LogP contribution in [0.3, 0.4) is 0 Å². The van der Waals surface area contributed by atoms with Crippen molar-refractivity contribution in [2.45, 2.75) is 19.3 Å². The molecular formula is C60H41NO. The molecule has 0 spiro atoms. The van der Waals surface area contributed by atoms with Gasteiger partial charge in [-0.15, -0.1) is 0 Å². The summed E-state index contributed by atoms with van der Waals surface area (Å²) >= 11 is 0. The van der Waals surface area contributed by atoms with Crippen LogP contribution in [0.25, 0.3) is 105 Å². The predicted molar refractivity (Wildman–Crippen MR) is 261 cm³/mol. The minimum absolute atomic E-state index is 0.0145. The van der Waals surface area contributed by atoms with Crippen molar-refractivity contribution in [1.29, 1.82) is 0 Å². The molecule has 0 radical (unpaired) electrons. The Hall–Kier alpha value is -7.81. The molecule has 1 aromatic heterocycles. The highest BCUT2D eigenvalue weighted by Crippen LogP contribution is 2.50. The van der Waals surface area contributed by atoms with Gasteiger partial charge in [0.2, 0.25) is 0 Å². The Bertz CT molecular complexity index is 3650. The van der Waals surface area contributed by atoms with Gasteiger partial charge in [-0.05, 0) is 136 Å². The molecule has 0 saturated heterocycles. The van der Waals surface area contributed by atoms with Crippen LogP contribution in [0.15, 0.2) is 217 Å². The normalized spacial score (nSPS) is 12.9. The van der Waals surface area contributed by atoms with Crippen LogP contribution in [0.5, 0.6) is 0 Å². The van der Waals surface area contributed by atoms with Crippen molar-refractivity contribution in [3.8, 4) is 61.3 Å². The highest BCUT2D eigenvalue weighted by atomic mass is 16.1. The van der Waals surface area contributed by atoms with Crippen LogP contribution in [-0.2, 0) is 5.41 Å². The largest absolute Gasteiger partial charge is 0.276 e. The van der Waals surface area contributed by atoms with E-state index in [0.29, 0.717) is 5.39 Å². The molecule has 2 heteroatoms. The van der Waals surface area contributed by atoms with Crippen molar-refractivity contribution in [1.82, 2.24) is 4.57 Å². The van der Waals surface area contributed by atoms with Gasteiger partial charge in [0.1, 0.15) is 0 Å². The number of hydrogen-bond donors (Lipinski definition) is 0. The van der Waals surface area contributed by atoms with E-state index in [1.807, 2.05) is 53.1 Å². The van der Waals surface area contributed by atoms with E-state index in [4.69, 9.17) is 0 Å². The lowest BCUT2D eigenvalue weighted by Gasteiger charge is -2.22. The lowest BCUT2D eigenvalue weighted by molar-refractivity contribution is 0.660. The van der Waals surface area contributed by atoms with E-state index in [2.05, 4.69) is 178 Å². The van der Waals surface area contributed by atoms with Crippen molar-refractivity contribution in [2.75, 3.05) is 0 Å². The molecule has 0 N–H and O–H groups in total. The molecule has 12 rings (SSSR count). The third-order valence-corrected chi connectivity index (χ3v) is 13.4. The third-order valence-electron chi connectivity index (χ3n) is 13.4. The standard InChI is InChI=1S/C60H41NO/c1-60(2)54-24-14-13-20-46(54)47-32-29-43(37-55(47)60)38-25-27-40(28-26-38)58-49-22-11-10-21-48(49)57(39-15-5-3-6-16-39)50-33-30-41(36-53(50)58)42-31-34-56-52(35-42)45-19-9-12-23-51(45)59(62)61(56)44-17-7-4-8-18-44/h3-37H,1-2H3. The van der Waals surface area contributed by atoms with Crippen LogP contribution in [0.4, 0.5) is 0 Å². The van der Waals surface area contributed by atoms with Crippen LogP contribution in [-0.4, -0.2) is 4.57 Å². The molecule has 1 aliphatic rings. The van der Waals surface area contributed by atoms with Gasteiger partial charge in [0.25, 0.3) is 5.56 Å². The molecule has 0 fully saturated rings. The third kappa shape index (κ3) is 5.47. The van der Waals surface area contributed by atoms with Gasteiger partial charge < -0.3 is 0 Å². The first-order valence-electron chi connectivity index (χ1n) is 21.5. The van der Waals surface area contributed by atoms with Gasteiger partial charge in [0.15, 0.2) is 0 Å². The predicted octanol–water partition coefficient (Wildman–Crippen LogP) is 15.4. The Balaban J connectivity index is 1.06. The topological polar surface area (TPSA) is 22.0 Å². The van der Waals surface area contributed by atoms with Crippen LogP contribution in [0, 0.1) is 0 Å².